The van der Waals surface area contributed by atoms with E-state index in [1.165, 1.54) is 0 Å². The molecule has 1 saturated heterocycles. The molecule has 1 aliphatic heterocycles. The molecule has 5 nitrogen and oxygen atoms in total. The monoisotopic (exact) mass is 330 g/mol. The third-order valence-electron chi connectivity index (χ3n) is 4.37. The first kappa shape index (κ1) is 17.0. The van der Waals surface area contributed by atoms with Crippen LogP contribution >= 0.6 is 0 Å². The topological polar surface area (TPSA) is 45.5 Å². The lowest BCUT2D eigenvalue weighted by Crippen LogP contribution is -2.49. The summed E-state index contributed by atoms with van der Waals surface area (Å²) in [4.78, 5) is 4.10. The van der Waals surface area contributed by atoms with Crippen LogP contribution in [0.3, 0.4) is 0 Å². The summed E-state index contributed by atoms with van der Waals surface area (Å²) in [5, 5.41) is 0. The Hall–Kier alpha value is -1.85. The van der Waals surface area contributed by atoms with Gasteiger partial charge in [0, 0.05) is 37.2 Å². The molecule has 0 aliphatic carbocycles. The first-order valence-electron chi connectivity index (χ1n) is 8.37. The van der Waals surface area contributed by atoms with Gasteiger partial charge in [0.25, 0.3) is 0 Å². The van der Waals surface area contributed by atoms with Crippen molar-refractivity contribution in [1.82, 2.24) is 9.55 Å². The van der Waals surface area contributed by atoms with Crippen molar-refractivity contribution in [2.24, 2.45) is 5.41 Å². The minimum Gasteiger partial charge on any atom is -0.497 e. The van der Waals surface area contributed by atoms with Crippen LogP contribution in [0.4, 0.5) is 0 Å². The van der Waals surface area contributed by atoms with Crippen LogP contribution < -0.4 is 4.74 Å². The fourth-order valence-corrected chi connectivity index (χ4v) is 2.88. The van der Waals surface area contributed by atoms with Crippen LogP contribution in [0.5, 0.6) is 5.75 Å². The second-order valence-electron chi connectivity index (χ2n) is 7.23. The van der Waals surface area contributed by atoms with Crippen LogP contribution in [0, 0.1) is 5.41 Å². The number of hydrogen-bond donors (Lipinski definition) is 0. The molecular formula is C19H26N2O3. The maximum atomic E-state index is 6.26. The highest BCUT2D eigenvalue weighted by molar-refractivity contribution is 5.29. The summed E-state index contributed by atoms with van der Waals surface area (Å²) >= 11 is 0. The van der Waals surface area contributed by atoms with Crippen molar-refractivity contribution in [1.29, 1.82) is 0 Å². The van der Waals surface area contributed by atoms with Gasteiger partial charge in [-0.2, -0.15) is 0 Å². The lowest BCUT2D eigenvalue weighted by atomic mass is 9.92. The first-order chi connectivity index (χ1) is 11.5. The average Bonchev–Trinajstić information content (AvgIpc) is 3.10. The van der Waals surface area contributed by atoms with Crippen molar-refractivity contribution >= 4 is 0 Å². The van der Waals surface area contributed by atoms with Crippen molar-refractivity contribution in [2.75, 3.05) is 20.3 Å². The van der Waals surface area contributed by atoms with E-state index in [0.29, 0.717) is 19.6 Å². The summed E-state index contributed by atoms with van der Waals surface area (Å²) < 4.78 is 19.9. The van der Waals surface area contributed by atoms with Crippen LogP contribution in [-0.4, -0.2) is 35.7 Å². The van der Waals surface area contributed by atoms with Crippen molar-refractivity contribution in [3.05, 3.63) is 48.5 Å². The molecule has 0 atom stereocenters. The third-order valence-corrected chi connectivity index (χ3v) is 4.37. The molecule has 2 heterocycles. The Bertz CT molecular complexity index is 642. The SMILES string of the molecule is COc1cccc(CC2(CCn3ccnc3)OCC(C)(C)CO2)c1. The number of imidazole rings is 1. The van der Waals surface area contributed by atoms with Gasteiger partial charge in [0.1, 0.15) is 5.75 Å². The van der Waals surface area contributed by atoms with Gasteiger partial charge < -0.3 is 18.8 Å². The van der Waals surface area contributed by atoms with E-state index in [4.69, 9.17) is 14.2 Å². The highest BCUT2D eigenvalue weighted by Gasteiger charge is 2.40. The predicted octanol–water partition coefficient (Wildman–Crippen LogP) is 3.29. The molecule has 0 radical (unpaired) electrons. The minimum atomic E-state index is -0.605. The second-order valence-corrected chi connectivity index (χ2v) is 7.23. The molecule has 0 saturated carbocycles. The molecule has 3 rings (SSSR count). The highest BCUT2D eigenvalue weighted by atomic mass is 16.7. The van der Waals surface area contributed by atoms with Gasteiger partial charge in [-0.05, 0) is 17.7 Å². The van der Waals surface area contributed by atoms with E-state index in [-0.39, 0.29) is 5.41 Å². The van der Waals surface area contributed by atoms with Gasteiger partial charge in [-0.25, -0.2) is 4.98 Å². The van der Waals surface area contributed by atoms with Gasteiger partial charge in [0.05, 0.1) is 26.7 Å². The van der Waals surface area contributed by atoms with Gasteiger partial charge in [-0.3, -0.25) is 0 Å². The van der Waals surface area contributed by atoms with Gasteiger partial charge >= 0.3 is 0 Å². The van der Waals surface area contributed by atoms with Crippen molar-refractivity contribution in [2.45, 2.75) is 39.0 Å². The number of aryl methyl sites for hydroxylation is 1. The summed E-state index contributed by atoms with van der Waals surface area (Å²) in [6, 6.07) is 8.09. The first-order valence-corrected chi connectivity index (χ1v) is 8.37. The standard InChI is InChI=1S/C19H26N2O3/c1-18(2)13-23-19(24-14-18,7-9-21-10-8-20-15-21)12-16-5-4-6-17(11-16)22-3/h4-6,8,10-11,15H,7,9,12-14H2,1-3H3. The van der Waals surface area contributed by atoms with E-state index >= 15 is 0 Å². The normalized spacial score (nSPS) is 19.1. The molecule has 1 aromatic heterocycles. The lowest BCUT2D eigenvalue weighted by Gasteiger charge is -2.44. The van der Waals surface area contributed by atoms with Gasteiger partial charge in [-0.15, -0.1) is 0 Å². The Labute approximate surface area is 143 Å². The summed E-state index contributed by atoms with van der Waals surface area (Å²) in [6.45, 7) is 6.53. The van der Waals surface area contributed by atoms with E-state index < -0.39 is 5.79 Å². The molecule has 0 spiro atoms. The molecule has 0 unspecified atom stereocenters. The zero-order chi connectivity index (χ0) is 17.0. The molecule has 1 fully saturated rings. The van der Waals surface area contributed by atoms with Crippen molar-refractivity contribution in [3.63, 3.8) is 0 Å². The summed E-state index contributed by atoms with van der Waals surface area (Å²) in [5.74, 6) is 0.250. The summed E-state index contributed by atoms with van der Waals surface area (Å²) in [5.41, 5.74) is 1.20. The maximum absolute atomic E-state index is 6.26. The number of ether oxygens (including phenoxy) is 3. The largest absolute Gasteiger partial charge is 0.497 e. The van der Waals surface area contributed by atoms with E-state index in [2.05, 4.69) is 29.5 Å². The molecule has 2 aromatic rings. The Morgan fingerprint density at radius 1 is 1.25 bits per heavy atom. The number of aromatic nitrogens is 2. The molecule has 0 amide bonds. The van der Waals surface area contributed by atoms with E-state index in [1.54, 1.807) is 13.3 Å². The number of nitrogens with zero attached hydrogens (tertiary/aromatic N) is 2. The summed E-state index contributed by atoms with van der Waals surface area (Å²) in [6.07, 6.45) is 7.06. The number of hydrogen-bond acceptors (Lipinski definition) is 4. The van der Waals surface area contributed by atoms with Crippen molar-refractivity contribution < 1.29 is 14.2 Å². The molecule has 0 bridgehead atoms. The highest BCUT2D eigenvalue weighted by Crippen LogP contribution is 2.35. The number of methoxy groups -OCH3 is 1. The van der Waals surface area contributed by atoms with Gasteiger partial charge in [0.2, 0.25) is 0 Å². The van der Waals surface area contributed by atoms with E-state index in [0.717, 1.165) is 24.3 Å². The molecule has 5 heteroatoms. The minimum absolute atomic E-state index is 0.0485. The summed E-state index contributed by atoms with van der Waals surface area (Å²) in [7, 11) is 1.68. The van der Waals surface area contributed by atoms with Crippen LogP contribution in [0.15, 0.2) is 43.0 Å². The van der Waals surface area contributed by atoms with Crippen LogP contribution in [0.2, 0.25) is 0 Å². The third kappa shape index (κ3) is 4.16. The smallest absolute Gasteiger partial charge is 0.174 e. The Balaban J connectivity index is 1.76. The quantitative estimate of drug-likeness (QED) is 0.815. The molecular weight excluding hydrogens is 304 g/mol. The van der Waals surface area contributed by atoms with Gasteiger partial charge in [-0.1, -0.05) is 26.0 Å². The van der Waals surface area contributed by atoms with Crippen molar-refractivity contribution in [3.8, 4) is 5.75 Å². The van der Waals surface area contributed by atoms with Gasteiger partial charge in [0.15, 0.2) is 5.79 Å². The van der Waals surface area contributed by atoms with Crippen LogP contribution in [-0.2, 0) is 22.4 Å². The van der Waals surface area contributed by atoms with E-state index in [1.807, 2.05) is 30.7 Å². The average molecular weight is 330 g/mol. The van der Waals surface area contributed by atoms with Crippen LogP contribution in [0.1, 0.15) is 25.8 Å². The van der Waals surface area contributed by atoms with E-state index in [9.17, 15) is 0 Å². The Morgan fingerprint density at radius 3 is 2.71 bits per heavy atom. The molecule has 24 heavy (non-hydrogen) atoms. The molecule has 130 valence electrons. The fraction of sp³-hybridized carbons (Fsp3) is 0.526. The number of rotatable bonds is 6. The Morgan fingerprint density at radius 2 is 2.04 bits per heavy atom. The molecule has 1 aliphatic rings. The lowest BCUT2D eigenvalue weighted by molar-refractivity contribution is -0.301. The zero-order valence-electron chi connectivity index (χ0n) is 14.7. The maximum Gasteiger partial charge on any atom is 0.174 e. The molecule has 1 aromatic carbocycles. The number of benzene rings is 1. The predicted molar refractivity (Wildman–Crippen MR) is 92.0 cm³/mol. The van der Waals surface area contributed by atoms with Crippen LogP contribution in [0.25, 0.3) is 0 Å². The molecule has 0 N–H and O–H groups in total. The Kier molecular flexibility index (Phi) is 4.92. The fourth-order valence-electron chi connectivity index (χ4n) is 2.88. The zero-order valence-corrected chi connectivity index (χ0v) is 14.7. The second kappa shape index (κ2) is 6.95.